The summed E-state index contributed by atoms with van der Waals surface area (Å²) in [5.74, 6) is 0. The van der Waals surface area contributed by atoms with E-state index in [1.807, 2.05) is 13.0 Å². The number of amides is 2. The maximum Gasteiger partial charge on any atom is 0.322 e. The number of anilines is 1. The van der Waals surface area contributed by atoms with E-state index >= 15 is 0 Å². The number of nitrogens with two attached hydrogens (primary N) is 1. The molecule has 1 fully saturated rings. The fourth-order valence-corrected chi connectivity index (χ4v) is 2.07. The molecule has 1 aliphatic heterocycles. The summed E-state index contributed by atoms with van der Waals surface area (Å²) in [6, 6.07) is 8.80. The summed E-state index contributed by atoms with van der Waals surface area (Å²) in [7, 11) is 0. The number of nitrogens with one attached hydrogen (secondary N) is 1. The smallest absolute Gasteiger partial charge is 0.322 e. The number of hydrogen-bond donors (Lipinski definition) is 2. The average molecular weight is 244 g/mol. The lowest BCUT2D eigenvalue weighted by Crippen LogP contribution is -2.42. The number of hydrogen-bond acceptors (Lipinski definition) is 3. The van der Waals surface area contributed by atoms with Gasteiger partial charge in [0.2, 0.25) is 0 Å². The summed E-state index contributed by atoms with van der Waals surface area (Å²) in [5.41, 5.74) is 7.14. The topological polar surface area (TPSA) is 82.2 Å². The van der Waals surface area contributed by atoms with Gasteiger partial charge in [-0.3, -0.25) is 0 Å². The second kappa shape index (κ2) is 5.07. The third kappa shape index (κ3) is 2.44. The van der Waals surface area contributed by atoms with Crippen molar-refractivity contribution in [2.45, 2.75) is 25.4 Å². The van der Waals surface area contributed by atoms with Crippen LogP contribution in [0.3, 0.4) is 0 Å². The van der Waals surface area contributed by atoms with Gasteiger partial charge in [0.05, 0.1) is 11.6 Å². The molecule has 0 radical (unpaired) electrons. The zero-order valence-corrected chi connectivity index (χ0v) is 10.3. The van der Waals surface area contributed by atoms with Gasteiger partial charge in [-0.1, -0.05) is 0 Å². The summed E-state index contributed by atoms with van der Waals surface area (Å²) < 4.78 is 0. The van der Waals surface area contributed by atoms with Crippen molar-refractivity contribution in [2.75, 3.05) is 11.9 Å². The maximum absolute atomic E-state index is 12.0. The molecule has 2 rings (SSSR count). The van der Waals surface area contributed by atoms with Gasteiger partial charge in [0, 0.05) is 24.3 Å². The molecule has 0 spiro atoms. The van der Waals surface area contributed by atoms with Gasteiger partial charge >= 0.3 is 6.03 Å². The third-order valence-electron chi connectivity index (χ3n) is 3.34. The highest BCUT2D eigenvalue weighted by Gasteiger charge is 2.31. The molecule has 5 heteroatoms. The van der Waals surface area contributed by atoms with Crippen LogP contribution in [0.15, 0.2) is 24.3 Å². The highest BCUT2D eigenvalue weighted by Crippen LogP contribution is 2.18. The van der Waals surface area contributed by atoms with Crippen LogP contribution in [0.4, 0.5) is 10.5 Å². The van der Waals surface area contributed by atoms with Crippen molar-refractivity contribution in [3.8, 4) is 6.07 Å². The fourth-order valence-electron chi connectivity index (χ4n) is 2.07. The van der Waals surface area contributed by atoms with Gasteiger partial charge in [0.15, 0.2) is 0 Å². The minimum absolute atomic E-state index is 0.0525. The number of urea groups is 1. The van der Waals surface area contributed by atoms with Crippen LogP contribution in [-0.2, 0) is 0 Å². The van der Waals surface area contributed by atoms with E-state index in [0.717, 1.165) is 6.42 Å². The summed E-state index contributed by atoms with van der Waals surface area (Å²) in [5, 5.41) is 11.5. The molecule has 1 aromatic carbocycles. The Morgan fingerprint density at radius 1 is 1.50 bits per heavy atom. The number of nitrogens with zero attached hydrogens (tertiary/aromatic N) is 2. The van der Waals surface area contributed by atoms with Crippen molar-refractivity contribution in [3.05, 3.63) is 29.8 Å². The van der Waals surface area contributed by atoms with Crippen molar-refractivity contribution in [3.63, 3.8) is 0 Å². The number of carbonyl (C=O) groups is 1. The number of carbonyl (C=O) groups excluding carboxylic acids is 1. The molecule has 3 N–H and O–H groups in total. The van der Waals surface area contributed by atoms with Gasteiger partial charge in [-0.2, -0.15) is 5.26 Å². The van der Waals surface area contributed by atoms with Crippen LogP contribution in [-0.4, -0.2) is 29.6 Å². The zero-order chi connectivity index (χ0) is 13.1. The van der Waals surface area contributed by atoms with Gasteiger partial charge in [0.25, 0.3) is 0 Å². The van der Waals surface area contributed by atoms with Crippen molar-refractivity contribution in [2.24, 2.45) is 5.73 Å². The van der Waals surface area contributed by atoms with Crippen LogP contribution in [0.5, 0.6) is 0 Å². The van der Waals surface area contributed by atoms with E-state index in [9.17, 15) is 4.79 Å². The standard InChI is InChI=1S/C13H16N4O/c1-9-12(15)6-7-17(9)13(18)16-11-4-2-10(8-14)3-5-11/h2-5,9,12H,6-7,15H2,1H3,(H,16,18). The molecule has 2 unspecified atom stereocenters. The lowest BCUT2D eigenvalue weighted by Gasteiger charge is -2.23. The molecule has 94 valence electrons. The molecule has 1 heterocycles. The lowest BCUT2D eigenvalue weighted by molar-refractivity contribution is 0.208. The molecule has 0 aromatic heterocycles. The largest absolute Gasteiger partial charge is 0.326 e. The van der Waals surface area contributed by atoms with Crippen LogP contribution in [0.2, 0.25) is 0 Å². The molecule has 2 amide bonds. The quantitative estimate of drug-likeness (QED) is 0.785. The van der Waals surface area contributed by atoms with Crippen LogP contribution in [0.1, 0.15) is 18.9 Å². The molecule has 18 heavy (non-hydrogen) atoms. The summed E-state index contributed by atoms with van der Waals surface area (Å²) in [6.07, 6.45) is 0.835. The lowest BCUT2D eigenvalue weighted by atomic mass is 10.2. The zero-order valence-electron chi connectivity index (χ0n) is 10.3. The normalized spacial score (nSPS) is 22.6. The van der Waals surface area contributed by atoms with E-state index < -0.39 is 0 Å². The second-order valence-corrected chi connectivity index (χ2v) is 4.51. The summed E-state index contributed by atoms with van der Waals surface area (Å²) in [4.78, 5) is 13.8. The monoisotopic (exact) mass is 244 g/mol. The average Bonchev–Trinajstić information content (AvgIpc) is 2.71. The Hall–Kier alpha value is -2.06. The maximum atomic E-state index is 12.0. The SMILES string of the molecule is CC1C(N)CCN1C(=O)Nc1ccc(C#N)cc1. The molecule has 1 saturated heterocycles. The number of rotatable bonds is 1. The van der Waals surface area contributed by atoms with Crippen molar-refractivity contribution < 1.29 is 4.79 Å². The third-order valence-corrected chi connectivity index (χ3v) is 3.34. The molecule has 2 atom stereocenters. The summed E-state index contributed by atoms with van der Waals surface area (Å²) >= 11 is 0. The fraction of sp³-hybridized carbons (Fsp3) is 0.385. The van der Waals surface area contributed by atoms with Gasteiger partial charge in [-0.05, 0) is 37.6 Å². The minimum Gasteiger partial charge on any atom is -0.326 e. The van der Waals surface area contributed by atoms with E-state index in [-0.39, 0.29) is 18.1 Å². The van der Waals surface area contributed by atoms with E-state index in [1.54, 1.807) is 29.2 Å². The predicted molar refractivity (Wildman–Crippen MR) is 68.9 cm³/mol. The molecule has 0 bridgehead atoms. The van der Waals surface area contributed by atoms with Crippen LogP contribution in [0.25, 0.3) is 0 Å². The van der Waals surface area contributed by atoms with Crippen molar-refractivity contribution in [1.82, 2.24) is 4.90 Å². The molecular weight excluding hydrogens is 228 g/mol. The van der Waals surface area contributed by atoms with Crippen LogP contribution in [0, 0.1) is 11.3 Å². The van der Waals surface area contributed by atoms with Gasteiger partial charge in [-0.25, -0.2) is 4.79 Å². The molecule has 0 saturated carbocycles. The number of benzene rings is 1. The Bertz CT molecular complexity index is 477. The van der Waals surface area contributed by atoms with E-state index in [0.29, 0.717) is 17.8 Å². The van der Waals surface area contributed by atoms with E-state index in [2.05, 4.69) is 5.32 Å². The number of nitriles is 1. The van der Waals surface area contributed by atoms with Crippen LogP contribution < -0.4 is 11.1 Å². The van der Waals surface area contributed by atoms with Crippen molar-refractivity contribution >= 4 is 11.7 Å². The highest BCUT2D eigenvalue weighted by atomic mass is 16.2. The molecule has 1 aromatic rings. The Labute approximate surface area is 106 Å². The second-order valence-electron chi connectivity index (χ2n) is 4.51. The Balaban J connectivity index is 2.01. The number of likely N-dealkylation sites (tertiary alicyclic amines) is 1. The van der Waals surface area contributed by atoms with Gasteiger partial charge in [0.1, 0.15) is 0 Å². The highest BCUT2D eigenvalue weighted by molar-refractivity contribution is 5.89. The first-order valence-electron chi connectivity index (χ1n) is 5.95. The predicted octanol–water partition coefficient (Wildman–Crippen LogP) is 1.51. The Morgan fingerprint density at radius 2 is 2.17 bits per heavy atom. The van der Waals surface area contributed by atoms with Gasteiger partial charge in [-0.15, -0.1) is 0 Å². The first-order chi connectivity index (χ1) is 8.61. The molecular formula is C13H16N4O. The van der Waals surface area contributed by atoms with Crippen molar-refractivity contribution in [1.29, 1.82) is 5.26 Å². The summed E-state index contributed by atoms with van der Waals surface area (Å²) in [6.45, 7) is 2.64. The Morgan fingerprint density at radius 3 is 2.67 bits per heavy atom. The van der Waals surface area contributed by atoms with Gasteiger partial charge < -0.3 is 16.0 Å². The first-order valence-corrected chi connectivity index (χ1v) is 5.95. The van der Waals surface area contributed by atoms with Crippen LogP contribution >= 0.6 is 0 Å². The molecule has 5 nitrogen and oxygen atoms in total. The Kier molecular flexibility index (Phi) is 3.49. The molecule has 0 aliphatic carbocycles. The van der Waals surface area contributed by atoms with E-state index in [4.69, 9.17) is 11.0 Å². The minimum atomic E-state index is -0.139. The first kappa shape index (κ1) is 12.4. The molecule has 1 aliphatic rings. The van der Waals surface area contributed by atoms with E-state index in [1.165, 1.54) is 0 Å².